The van der Waals surface area contributed by atoms with E-state index in [9.17, 15) is 0 Å². The topological polar surface area (TPSA) is 36.3 Å². The summed E-state index contributed by atoms with van der Waals surface area (Å²) < 4.78 is 13.2. The van der Waals surface area contributed by atoms with Crippen molar-refractivity contribution in [2.45, 2.75) is 27.3 Å². The first kappa shape index (κ1) is 19.1. The molecular weight excluding hydrogens is 360 g/mol. The maximum Gasteiger partial charge on any atom is 0.161 e. The Morgan fingerprint density at radius 1 is 0.828 bits per heavy atom. The van der Waals surface area contributed by atoms with Gasteiger partial charge in [0.25, 0.3) is 0 Å². The average molecular weight is 386 g/mol. The standard InChI is InChI=1S/C25H26N2O2/c1-16-12-17(2)20(18(3)13-16)15-27-22-9-7-6-8-21(22)26-25(27)19-10-11-23(28-4)24(14-19)29-5/h6-14H,15H2,1-5H3. The van der Waals surface area contributed by atoms with Crippen LogP contribution in [0.15, 0.2) is 54.6 Å². The zero-order valence-electron chi connectivity index (χ0n) is 17.6. The number of para-hydroxylation sites is 2. The quantitative estimate of drug-likeness (QED) is 0.442. The van der Waals surface area contributed by atoms with Gasteiger partial charge in [-0.3, -0.25) is 0 Å². The van der Waals surface area contributed by atoms with Gasteiger partial charge in [-0.2, -0.15) is 0 Å². The number of nitrogens with zero attached hydrogens (tertiary/aromatic N) is 2. The monoisotopic (exact) mass is 386 g/mol. The summed E-state index contributed by atoms with van der Waals surface area (Å²) in [6.07, 6.45) is 0. The summed E-state index contributed by atoms with van der Waals surface area (Å²) in [5.41, 5.74) is 8.34. The summed E-state index contributed by atoms with van der Waals surface area (Å²) in [5.74, 6) is 2.34. The van der Waals surface area contributed by atoms with Gasteiger partial charge in [0, 0.05) is 5.56 Å². The third-order valence-corrected chi connectivity index (χ3v) is 5.45. The predicted molar refractivity (Wildman–Crippen MR) is 118 cm³/mol. The molecule has 0 saturated carbocycles. The smallest absolute Gasteiger partial charge is 0.161 e. The molecule has 3 aromatic carbocycles. The first-order chi connectivity index (χ1) is 14.0. The highest BCUT2D eigenvalue weighted by molar-refractivity contribution is 5.81. The summed E-state index contributed by atoms with van der Waals surface area (Å²) >= 11 is 0. The van der Waals surface area contributed by atoms with Crippen LogP contribution < -0.4 is 9.47 Å². The number of fused-ring (bicyclic) bond motifs is 1. The van der Waals surface area contributed by atoms with E-state index in [1.54, 1.807) is 14.2 Å². The van der Waals surface area contributed by atoms with E-state index in [4.69, 9.17) is 14.5 Å². The SMILES string of the molecule is COc1ccc(-c2nc3ccccc3n2Cc2c(C)cc(C)cc2C)cc1OC. The Morgan fingerprint density at radius 2 is 1.52 bits per heavy atom. The van der Waals surface area contributed by atoms with Gasteiger partial charge in [-0.05, 0) is 67.8 Å². The summed E-state index contributed by atoms with van der Waals surface area (Å²) in [6.45, 7) is 7.28. The number of hydrogen-bond acceptors (Lipinski definition) is 3. The Hall–Kier alpha value is -3.27. The Balaban J connectivity index is 1.91. The van der Waals surface area contributed by atoms with Crippen LogP contribution in [0.2, 0.25) is 0 Å². The minimum atomic E-state index is 0.700. The van der Waals surface area contributed by atoms with Crippen LogP contribution in [-0.4, -0.2) is 23.8 Å². The van der Waals surface area contributed by atoms with Crippen LogP contribution in [0.3, 0.4) is 0 Å². The fourth-order valence-electron chi connectivity index (χ4n) is 4.05. The molecule has 0 spiro atoms. The minimum absolute atomic E-state index is 0.700. The number of benzene rings is 3. The van der Waals surface area contributed by atoms with E-state index in [2.05, 4.69) is 55.7 Å². The lowest BCUT2D eigenvalue weighted by molar-refractivity contribution is 0.355. The molecular formula is C25H26N2O2. The van der Waals surface area contributed by atoms with E-state index < -0.39 is 0 Å². The first-order valence-electron chi connectivity index (χ1n) is 9.76. The van der Waals surface area contributed by atoms with Crippen molar-refractivity contribution in [3.8, 4) is 22.9 Å². The van der Waals surface area contributed by atoms with Gasteiger partial charge in [0.15, 0.2) is 11.5 Å². The molecule has 0 aliphatic carbocycles. The Morgan fingerprint density at radius 3 is 2.21 bits per heavy atom. The van der Waals surface area contributed by atoms with Gasteiger partial charge >= 0.3 is 0 Å². The van der Waals surface area contributed by atoms with Gasteiger partial charge in [-0.25, -0.2) is 4.98 Å². The molecule has 148 valence electrons. The Labute approximate surface area is 171 Å². The molecule has 1 heterocycles. The molecule has 0 aliphatic rings. The highest BCUT2D eigenvalue weighted by Crippen LogP contribution is 2.34. The van der Waals surface area contributed by atoms with Crippen molar-refractivity contribution in [3.63, 3.8) is 0 Å². The van der Waals surface area contributed by atoms with Crippen molar-refractivity contribution < 1.29 is 9.47 Å². The zero-order chi connectivity index (χ0) is 20.5. The fraction of sp³-hybridized carbons (Fsp3) is 0.240. The second-order valence-electron chi connectivity index (χ2n) is 7.46. The molecule has 0 fully saturated rings. The molecule has 1 aromatic heterocycles. The third kappa shape index (κ3) is 3.46. The number of ether oxygens (including phenoxy) is 2. The van der Waals surface area contributed by atoms with Gasteiger partial charge in [0.2, 0.25) is 0 Å². The van der Waals surface area contributed by atoms with Crippen LogP contribution in [0.25, 0.3) is 22.4 Å². The molecule has 0 bridgehead atoms. The molecule has 0 unspecified atom stereocenters. The number of rotatable bonds is 5. The largest absolute Gasteiger partial charge is 0.493 e. The number of hydrogen-bond donors (Lipinski definition) is 0. The molecule has 0 saturated heterocycles. The van der Waals surface area contributed by atoms with E-state index in [1.807, 2.05) is 24.3 Å². The number of aryl methyl sites for hydroxylation is 3. The van der Waals surface area contributed by atoms with Crippen molar-refractivity contribution in [2.24, 2.45) is 0 Å². The fourth-order valence-corrected chi connectivity index (χ4v) is 4.05. The maximum atomic E-state index is 5.52. The van der Waals surface area contributed by atoms with E-state index >= 15 is 0 Å². The van der Waals surface area contributed by atoms with Crippen molar-refractivity contribution in [2.75, 3.05) is 14.2 Å². The molecule has 0 radical (unpaired) electrons. The van der Waals surface area contributed by atoms with Gasteiger partial charge < -0.3 is 14.0 Å². The van der Waals surface area contributed by atoms with Gasteiger partial charge in [-0.15, -0.1) is 0 Å². The normalized spacial score (nSPS) is 11.1. The Kier molecular flexibility index (Phi) is 5.01. The summed E-state index contributed by atoms with van der Waals surface area (Å²) in [6, 6.07) is 18.7. The lowest BCUT2D eigenvalue weighted by Crippen LogP contribution is -2.06. The van der Waals surface area contributed by atoms with Crippen molar-refractivity contribution >= 4 is 11.0 Å². The van der Waals surface area contributed by atoms with Crippen LogP contribution in [0.5, 0.6) is 11.5 Å². The number of aromatic nitrogens is 2. The molecule has 4 nitrogen and oxygen atoms in total. The first-order valence-corrected chi connectivity index (χ1v) is 9.76. The van der Waals surface area contributed by atoms with Crippen LogP contribution in [-0.2, 0) is 6.54 Å². The highest BCUT2D eigenvalue weighted by Gasteiger charge is 2.16. The lowest BCUT2D eigenvalue weighted by atomic mass is 9.99. The van der Waals surface area contributed by atoms with E-state index in [0.717, 1.165) is 29.0 Å². The molecule has 29 heavy (non-hydrogen) atoms. The van der Waals surface area contributed by atoms with Crippen LogP contribution >= 0.6 is 0 Å². The third-order valence-electron chi connectivity index (χ3n) is 5.45. The van der Waals surface area contributed by atoms with Crippen LogP contribution in [0, 0.1) is 20.8 Å². The van der Waals surface area contributed by atoms with Crippen molar-refractivity contribution in [1.29, 1.82) is 0 Å². The predicted octanol–water partition coefficient (Wildman–Crippen LogP) is 5.69. The summed E-state index contributed by atoms with van der Waals surface area (Å²) in [5, 5.41) is 0. The maximum absolute atomic E-state index is 5.52. The molecule has 0 atom stereocenters. The number of methoxy groups -OCH3 is 2. The van der Waals surface area contributed by atoms with Crippen LogP contribution in [0.4, 0.5) is 0 Å². The van der Waals surface area contributed by atoms with E-state index in [1.165, 1.54) is 22.3 Å². The summed E-state index contributed by atoms with van der Waals surface area (Å²) in [7, 11) is 3.30. The van der Waals surface area contributed by atoms with Crippen molar-refractivity contribution in [1.82, 2.24) is 9.55 Å². The molecule has 4 rings (SSSR count). The zero-order valence-corrected chi connectivity index (χ0v) is 17.6. The lowest BCUT2D eigenvalue weighted by Gasteiger charge is -2.16. The highest BCUT2D eigenvalue weighted by atomic mass is 16.5. The van der Waals surface area contributed by atoms with E-state index in [0.29, 0.717) is 11.5 Å². The second-order valence-corrected chi connectivity index (χ2v) is 7.46. The molecule has 4 aromatic rings. The van der Waals surface area contributed by atoms with Crippen molar-refractivity contribution in [3.05, 3.63) is 76.9 Å². The van der Waals surface area contributed by atoms with Crippen LogP contribution in [0.1, 0.15) is 22.3 Å². The van der Waals surface area contributed by atoms with Gasteiger partial charge in [-0.1, -0.05) is 29.8 Å². The van der Waals surface area contributed by atoms with Gasteiger partial charge in [0.1, 0.15) is 5.82 Å². The molecule has 4 heteroatoms. The second kappa shape index (κ2) is 7.63. The molecule has 0 amide bonds. The summed E-state index contributed by atoms with van der Waals surface area (Å²) in [4.78, 5) is 4.95. The average Bonchev–Trinajstić information content (AvgIpc) is 3.08. The molecule has 0 aliphatic heterocycles. The van der Waals surface area contributed by atoms with Gasteiger partial charge in [0.05, 0.1) is 31.8 Å². The number of imidazole rings is 1. The Bertz CT molecular complexity index is 1170. The van der Waals surface area contributed by atoms with E-state index in [-0.39, 0.29) is 0 Å². The molecule has 0 N–H and O–H groups in total. The minimum Gasteiger partial charge on any atom is -0.493 e.